The van der Waals surface area contributed by atoms with Gasteiger partial charge in [-0.05, 0) is 40.5 Å². The zero-order valence-corrected chi connectivity index (χ0v) is 10.5. The highest BCUT2D eigenvalue weighted by molar-refractivity contribution is 9.10. The first-order chi connectivity index (χ1) is 7.09. The maximum Gasteiger partial charge on any atom is 0.222 e. The van der Waals surface area contributed by atoms with Gasteiger partial charge in [0, 0.05) is 18.8 Å². The molecule has 0 unspecified atom stereocenters. The second-order valence-electron chi connectivity index (χ2n) is 3.10. The summed E-state index contributed by atoms with van der Waals surface area (Å²) in [7, 11) is 1.86. The quantitative estimate of drug-likeness (QED) is 0.757. The molecule has 0 aromatic carbocycles. The first-order valence-corrected chi connectivity index (χ1v) is 5.44. The van der Waals surface area contributed by atoms with Crippen LogP contribution in [0.4, 0.5) is 0 Å². The van der Waals surface area contributed by atoms with Crippen LogP contribution in [0.3, 0.4) is 0 Å². The van der Waals surface area contributed by atoms with Crippen molar-refractivity contribution in [2.45, 2.75) is 6.92 Å². The average Bonchev–Trinajstić information content (AvgIpc) is 2.41. The molecule has 0 radical (unpaired) electrons. The Kier molecular flexibility index (Phi) is 2.75. The Labute approximate surface area is 100 Å². The molecule has 0 N–H and O–H groups in total. The average molecular weight is 288 g/mol. The van der Waals surface area contributed by atoms with E-state index < -0.39 is 0 Å². The second kappa shape index (κ2) is 3.90. The Balaban J connectivity index is 2.63. The molecule has 2 aromatic heterocycles. The molecule has 6 heteroatoms. The number of aromatic nitrogens is 4. The van der Waals surface area contributed by atoms with Crippen LogP contribution in [0.2, 0.25) is 5.28 Å². The Morgan fingerprint density at radius 3 is 2.73 bits per heavy atom. The topological polar surface area (TPSA) is 43.6 Å². The fourth-order valence-corrected chi connectivity index (χ4v) is 1.99. The van der Waals surface area contributed by atoms with Crippen LogP contribution < -0.4 is 0 Å². The molecule has 78 valence electrons. The number of hydrogen-bond acceptors (Lipinski definition) is 3. The minimum Gasteiger partial charge on any atom is -0.265 e. The maximum absolute atomic E-state index is 5.74. The van der Waals surface area contributed by atoms with Gasteiger partial charge in [-0.3, -0.25) is 4.68 Å². The maximum atomic E-state index is 5.74. The van der Waals surface area contributed by atoms with Crippen molar-refractivity contribution in [3.63, 3.8) is 0 Å². The minimum atomic E-state index is 0.240. The molecule has 0 bridgehead atoms. The molecule has 0 aliphatic carbocycles. The van der Waals surface area contributed by atoms with E-state index in [1.165, 1.54) is 0 Å². The molecule has 0 spiro atoms. The van der Waals surface area contributed by atoms with Crippen molar-refractivity contribution in [2.75, 3.05) is 0 Å². The van der Waals surface area contributed by atoms with Crippen LogP contribution in [-0.2, 0) is 7.05 Å². The fraction of sp³-hybridized carbons (Fsp3) is 0.222. The number of rotatable bonds is 1. The molecule has 2 rings (SSSR count). The normalized spacial score (nSPS) is 10.7. The third-order valence-corrected chi connectivity index (χ3v) is 3.03. The number of nitrogens with zero attached hydrogens (tertiary/aromatic N) is 4. The van der Waals surface area contributed by atoms with E-state index in [2.05, 4.69) is 31.0 Å². The summed E-state index contributed by atoms with van der Waals surface area (Å²) in [6, 6.07) is 1.81. The van der Waals surface area contributed by atoms with Crippen LogP contribution in [0.1, 0.15) is 5.56 Å². The predicted octanol–water partition coefficient (Wildman–Crippen LogP) is 2.60. The van der Waals surface area contributed by atoms with E-state index in [9.17, 15) is 0 Å². The molecular formula is C9H8BrClN4. The predicted molar refractivity (Wildman–Crippen MR) is 61.7 cm³/mol. The Bertz CT molecular complexity index is 509. The molecule has 0 atom stereocenters. The molecule has 0 saturated carbocycles. The van der Waals surface area contributed by atoms with Crippen LogP contribution in [0.15, 0.2) is 16.9 Å². The van der Waals surface area contributed by atoms with Gasteiger partial charge in [-0.25, -0.2) is 9.97 Å². The zero-order chi connectivity index (χ0) is 11.0. The third kappa shape index (κ3) is 1.89. The van der Waals surface area contributed by atoms with E-state index >= 15 is 0 Å². The summed E-state index contributed by atoms with van der Waals surface area (Å²) in [5.41, 5.74) is 2.74. The largest absolute Gasteiger partial charge is 0.265 e. The van der Waals surface area contributed by atoms with Gasteiger partial charge in [0.1, 0.15) is 4.60 Å². The van der Waals surface area contributed by atoms with Crippen molar-refractivity contribution in [1.82, 2.24) is 19.7 Å². The summed E-state index contributed by atoms with van der Waals surface area (Å²) in [6.07, 6.45) is 1.63. The van der Waals surface area contributed by atoms with Crippen LogP contribution in [0.5, 0.6) is 0 Å². The molecule has 0 aliphatic heterocycles. The lowest BCUT2D eigenvalue weighted by Gasteiger charge is -2.02. The summed E-state index contributed by atoms with van der Waals surface area (Å²) in [6.45, 7) is 1.97. The zero-order valence-electron chi connectivity index (χ0n) is 8.20. The highest BCUT2D eigenvalue weighted by atomic mass is 79.9. The van der Waals surface area contributed by atoms with Crippen molar-refractivity contribution in [1.29, 1.82) is 0 Å². The van der Waals surface area contributed by atoms with Gasteiger partial charge in [0.15, 0.2) is 0 Å². The van der Waals surface area contributed by atoms with Crippen molar-refractivity contribution in [3.8, 4) is 11.4 Å². The van der Waals surface area contributed by atoms with Gasteiger partial charge in [-0.15, -0.1) is 0 Å². The van der Waals surface area contributed by atoms with Crippen molar-refractivity contribution in [2.24, 2.45) is 7.05 Å². The van der Waals surface area contributed by atoms with Gasteiger partial charge < -0.3 is 0 Å². The molecule has 15 heavy (non-hydrogen) atoms. The Morgan fingerprint density at radius 1 is 1.47 bits per heavy atom. The molecule has 0 fully saturated rings. The lowest BCUT2D eigenvalue weighted by atomic mass is 10.2. The van der Waals surface area contributed by atoms with Gasteiger partial charge in [0.2, 0.25) is 5.28 Å². The van der Waals surface area contributed by atoms with Crippen LogP contribution in [0.25, 0.3) is 11.4 Å². The van der Waals surface area contributed by atoms with E-state index in [0.29, 0.717) is 0 Å². The first-order valence-electron chi connectivity index (χ1n) is 4.27. The minimum absolute atomic E-state index is 0.240. The number of aryl methyl sites for hydroxylation is 1. The molecule has 2 heterocycles. The SMILES string of the molecule is Cc1c(Br)nn(C)c1-c1ccnc(Cl)n1. The molecule has 2 aromatic rings. The van der Waals surface area contributed by atoms with Crippen molar-refractivity contribution >= 4 is 27.5 Å². The standard InChI is InChI=1S/C9H8BrClN4/c1-5-7(15(2)14-8(5)10)6-3-4-12-9(11)13-6/h3-4H,1-2H3. The van der Waals surface area contributed by atoms with Gasteiger partial charge in [-0.1, -0.05) is 0 Å². The molecule has 4 nitrogen and oxygen atoms in total. The summed E-state index contributed by atoms with van der Waals surface area (Å²) in [5, 5.41) is 4.49. The summed E-state index contributed by atoms with van der Waals surface area (Å²) in [5.74, 6) is 0. The Hall–Kier alpha value is -0.940. The first kappa shape index (κ1) is 10.6. The van der Waals surface area contributed by atoms with E-state index in [1.54, 1.807) is 10.9 Å². The van der Waals surface area contributed by atoms with Crippen LogP contribution >= 0.6 is 27.5 Å². The van der Waals surface area contributed by atoms with E-state index in [4.69, 9.17) is 11.6 Å². The van der Waals surface area contributed by atoms with Gasteiger partial charge in [0.25, 0.3) is 0 Å². The third-order valence-electron chi connectivity index (χ3n) is 2.09. The van der Waals surface area contributed by atoms with Crippen molar-refractivity contribution in [3.05, 3.63) is 27.7 Å². The second-order valence-corrected chi connectivity index (χ2v) is 4.19. The highest BCUT2D eigenvalue weighted by Gasteiger charge is 2.13. The lowest BCUT2D eigenvalue weighted by Crippen LogP contribution is -1.97. The smallest absolute Gasteiger partial charge is 0.222 e. The van der Waals surface area contributed by atoms with E-state index in [-0.39, 0.29) is 5.28 Å². The molecule has 0 saturated heterocycles. The summed E-state index contributed by atoms with van der Waals surface area (Å²) >= 11 is 9.12. The molecule has 0 amide bonds. The van der Waals surface area contributed by atoms with Crippen LogP contribution in [0, 0.1) is 6.92 Å². The fourth-order valence-electron chi connectivity index (χ4n) is 1.42. The van der Waals surface area contributed by atoms with E-state index in [0.717, 1.165) is 21.6 Å². The summed E-state index contributed by atoms with van der Waals surface area (Å²) < 4.78 is 2.58. The van der Waals surface area contributed by atoms with Gasteiger partial charge >= 0.3 is 0 Å². The monoisotopic (exact) mass is 286 g/mol. The Morgan fingerprint density at radius 2 is 2.20 bits per heavy atom. The van der Waals surface area contributed by atoms with Gasteiger partial charge in [-0.2, -0.15) is 5.10 Å². The van der Waals surface area contributed by atoms with E-state index in [1.807, 2.05) is 20.0 Å². The van der Waals surface area contributed by atoms with Gasteiger partial charge in [0.05, 0.1) is 11.4 Å². The number of halogens is 2. The molecular weight excluding hydrogens is 279 g/mol. The highest BCUT2D eigenvalue weighted by Crippen LogP contribution is 2.26. The van der Waals surface area contributed by atoms with Crippen LogP contribution in [-0.4, -0.2) is 19.7 Å². The number of hydrogen-bond donors (Lipinski definition) is 0. The van der Waals surface area contributed by atoms with Crippen molar-refractivity contribution < 1.29 is 0 Å². The molecule has 0 aliphatic rings. The summed E-state index contributed by atoms with van der Waals surface area (Å²) in [4.78, 5) is 8.00. The lowest BCUT2D eigenvalue weighted by molar-refractivity contribution is 0.765.